The van der Waals surface area contributed by atoms with E-state index in [9.17, 15) is 4.79 Å². The minimum absolute atomic E-state index is 0.136. The minimum Gasteiger partial charge on any atom is -0.494 e. The summed E-state index contributed by atoms with van der Waals surface area (Å²) in [5.74, 6) is 1.43. The van der Waals surface area contributed by atoms with Crippen LogP contribution in [0.5, 0.6) is 11.5 Å². The van der Waals surface area contributed by atoms with Gasteiger partial charge in [-0.2, -0.15) is 0 Å². The monoisotopic (exact) mass is 398 g/mol. The summed E-state index contributed by atoms with van der Waals surface area (Å²) in [5, 5.41) is 0. The van der Waals surface area contributed by atoms with Crippen molar-refractivity contribution in [3.63, 3.8) is 0 Å². The van der Waals surface area contributed by atoms with Crippen molar-refractivity contribution in [3.05, 3.63) is 36.7 Å². The Labute approximate surface area is 174 Å². The summed E-state index contributed by atoms with van der Waals surface area (Å²) in [4.78, 5) is 20.4. The molecule has 0 saturated carbocycles. The predicted octanol–water partition coefficient (Wildman–Crippen LogP) is 6.22. The molecule has 158 valence electrons. The van der Waals surface area contributed by atoms with Gasteiger partial charge in [-0.1, -0.05) is 59.3 Å². The van der Waals surface area contributed by atoms with E-state index in [0.717, 1.165) is 30.8 Å². The zero-order chi connectivity index (χ0) is 20.9. The Bertz CT molecular complexity index is 714. The van der Waals surface area contributed by atoms with Gasteiger partial charge < -0.3 is 9.47 Å². The second-order valence-corrected chi connectivity index (χ2v) is 7.47. The Morgan fingerprint density at radius 2 is 1.52 bits per heavy atom. The van der Waals surface area contributed by atoms with Crippen LogP contribution in [0.15, 0.2) is 36.7 Å². The van der Waals surface area contributed by atoms with Crippen LogP contribution in [0.2, 0.25) is 0 Å². The van der Waals surface area contributed by atoms with Gasteiger partial charge in [0.25, 0.3) is 0 Å². The molecule has 1 aromatic carbocycles. The highest BCUT2D eigenvalue weighted by molar-refractivity contribution is 5.74. The van der Waals surface area contributed by atoms with Gasteiger partial charge in [0.2, 0.25) is 0 Å². The van der Waals surface area contributed by atoms with Crippen molar-refractivity contribution in [1.82, 2.24) is 9.97 Å². The van der Waals surface area contributed by atoms with Crippen molar-refractivity contribution in [2.24, 2.45) is 5.92 Å². The standard InChI is InChI=1S/C24H34N2O3/c1-4-6-7-8-9-10-11-16-28-21-14-12-20(13-15-21)23-25-17-22(18-26-23)29-24(27)19(3)5-2/h12-15,17-19H,4-11,16H2,1-3H3. The molecule has 2 rings (SSSR count). The summed E-state index contributed by atoms with van der Waals surface area (Å²) in [6.07, 6.45) is 12.7. The first-order valence-corrected chi connectivity index (χ1v) is 10.9. The molecule has 0 aliphatic heterocycles. The number of carbonyl (C=O) groups is 1. The van der Waals surface area contributed by atoms with Gasteiger partial charge in [-0.05, 0) is 37.1 Å². The zero-order valence-electron chi connectivity index (χ0n) is 18.0. The number of benzene rings is 1. The third-order valence-electron chi connectivity index (χ3n) is 4.99. The van der Waals surface area contributed by atoms with E-state index in [1.807, 2.05) is 38.1 Å². The smallest absolute Gasteiger partial charge is 0.314 e. The van der Waals surface area contributed by atoms with Gasteiger partial charge in [-0.15, -0.1) is 0 Å². The Morgan fingerprint density at radius 1 is 0.897 bits per heavy atom. The molecule has 1 atom stereocenters. The average molecular weight is 399 g/mol. The number of esters is 1. The topological polar surface area (TPSA) is 61.3 Å². The van der Waals surface area contributed by atoms with Crippen molar-refractivity contribution in [1.29, 1.82) is 0 Å². The van der Waals surface area contributed by atoms with Crippen LogP contribution >= 0.6 is 0 Å². The number of hydrogen-bond acceptors (Lipinski definition) is 5. The molecule has 0 saturated heterocycles. The lowest BCUT2D eigenvalue weighted by Gasteiger charge is -2.09. The Balaban J connectivity index is 1.76. The van der Waals surface area contributed by atoms with Gasteiger partial charge in [-0.25, -0.2) is 9.97 Å². The van der Waals surface area contributed by atoms with Gasteiger partial charge in [-0.3, -0.25) is 4.79 Å². The predicted molar refractivity (Wildman–Crippen MR) is 116 cm³/mol. The molecular weight excluding hydrogens is 364 g/mol. The molecule has 1 heterocycles. The van der Waals surface area contributed by atoms with Gasteiger partial charge >= 0.3 is 5.97 Å². The van der Waals surface area contributed by atoms with Crippen LogP contribution in [0.4, 0.5) is 0 Å². The average Bonchev–Trinajstić information content (AvgIpc) is 2.76. The third kappa shape index (κ3) is 8.22. The van der Waals surface area contributed by atoms with E-state index in [1.165, 1.54) is 50.9 Å². The SMILES string of the molecule is CCCCCCCCCOc1ccc(-c2ncc(OC(=O)C(C)CC)cn2)cc1. The van der Waals surface area contributed by atoms with Crippen molar-refractivity contribution in [2.45, 2.75) is 72.1 Å². The molecule has 0 aliphatic carbocycles. The number of nitrogens with zero attached hydrogens (tertiary/aromatic N) is 2. The van der Waals surface area contributed by atoms with E-state index in [2.05, 4.69) is 16.9 Å². The highest BCUT2D eigenvalue weighted by atomic mass is 16.5. The summed E-state index contributed by atoms with van der Waals surface area (Å²) >= 11 is 0. The summed E-state index contributed by atoms with van der Waals surface area (Å²) in [5.41, 5.74) is 0.896. The van der Waals surface area contributed by atoms with E-state index in [1.54, 1.807) is 0 Å². The highest BCUT2D eigenvalue weighted by Crippen LogP contribution is 2.21. The minimum atomic E-state index is -0.258. The summed E-state index contributed by atoms with van der Waals surface area (Å²) in [6.45, 7) is 6.79. The molecule has 0 N–H and O–H groups in total. The maximum absolute atomic E-state index is 11.8. The third-order valence-corrected chi connectivity index (χ3v) is 4.99. The van der Waals surface area contributed by atoms with Crippen LogP contribution in [0.25, 0.3) is 11.4 Å². The van der Waals surface area contributed by atoms with Crippen LogP contribution in [0.1, 0.15) is 72.1 Å². The molecule has 0 spiro atoms. The lowest BCUT2D eigenvalue weighted by Crippen LogP contribution is -2.17. The van der Waals surface area contributed by atoms with E-state index >= 15 is 0 Å². The van der Waals surface area contributed by atoms with Crippen molar-refractivity contribution >= 4 is 5.97 Å². The number of ether oxygens (including phenoxy) is 2. The van der Waals surface area contributed by atoms with E-state index in [4.69, 9.17) is 9.47 Å². The molecule has 0 aliphatic rings. The first kappa shape index (κ1) is 22.9. The normalized spacial score (nSPS) is 11.8. The van der Waals surface area contributed by atoms with Crippen LogP contribution in [0.3, 0.4) is 0 Å². The second kappa shape index (κ2) is 12.9. The molecule has 2 aromatic rings. The summed E-state index contributed by atoms with van der Waals surface area (Å²) in [6, 6.07) is 7.77. The van der Waals surface area contributed by atoms with Crippen LogP contribution in [0, 0.1) is 5.92 Å². The highest BCUT2D eigenvalue weighted by Gasteiger charge is 2.13. The van der Waals surface area contributed by atoms with Crippen molar-refractivity contribution in [3.8, 4) is 22.9 Å². The molecule has 5 heteroatoms. The fourth-order valence-electron chi connectivity index (χ4n) is 2.85. The van der Waals surface area contributed by atoms with Gasteiger partial charge in [0.05, 0.1) is 24.9 Å². The summed E-state index contributed by atoms with van der Waals surface area (Å²) < 4.78 is 11.1. The number of carbonyl (C=O) groups excluding carboxylic acids is 1. The molecule has 0 amide bonds. The molecule has 5 nitrogen and oxygen atoms in total. The number of unbranched alkanes of at least 4 members (excludes halogenated alkanes) is 6. The number of aromatic nitrogens is 2. The van der Waals surface area contributed by atoms with E-state index in [-0.39, 0.29) is 11.9 Å². The quantitative estimate of drug-likeness (QED) is 0.296. The van der Waals surface area contributed by atoms with Gasteiger partial charge in [0.15, 0.2) is 11.6 Å². The fraction of sp³-hybridized carbons (Fsp3) is 0.542. The first-order chi connectivity index (χ1) is 14.1. The molecule has 1 unspecified atom stereocenters. The largest absolute Gasteiger partial charge is 0.494 e. The van der Waals surface area contributed by atoms with Crippen molar-refractivity contribution < 1.29 is 14.3 Å². The second-order valence-electron chi connectivity index (χ2n) is 7.47. The van der Waals surface area contributed by atoms with Gasteiger partial charge in [0.1, 0.15) is 5.75 Å². The zero-order valence-corrected chi connectivity index (χ0v) is 18.0. The Hall–Kier alpha value is -2.43. The lowest BCUT2D eigenvalue weighted by atomic mass is 10.1. The van der Waals surface area contributed by atoms with Crippen molar-refractivity contribution in [2.75, 3.05) is 6.61 Å². The van der Waals surface area contributed by atoms with Gasteiger partial charge in [0, 0.05) is 5.56 Å². The molecular formula is C24H34N2O3. The number of hydrogen-bond donors (Lipinski definition) is 0. The molecule has 29 heavy (non-hydrogen) atoms. The lowest BCUT2D eigenvalue weighted by molar-refractivity contribution is -0.138. The molecule has 0 radical (unpaired) electrons. The maximum atomic E-state index is 11.8. The van der Waals surface area contributed by atoms with Crippen LogP contribution < -0.4 is 9.47 Å². The molecule has 0 fully saturated rings. The van der Waals surface area contributed by atoms with Crippen LogP contribution in [-0.2, 0) is 4.79 Å². The molecule has 0 bridgehead atoms. The number of rotatable bonds is 13. The van der Waals surface area contributed by atoms with E-state index in [0.29, 0.717) is 11.6 Å². The first-order valence-electron chi connectivity index (χ1n) is 10.9. The van der Waals surface area contributed by atoms with E-state index < -0.39 is 0 Å². The maximum Gasteiger partial charge on any atom is 0.314 e. The Morgan fingerprint density at radius 3 is 2.14 bits per heavy atom. The fourth-order valence-corrected chi connectivity index (χ4v) is 2.85. The van der Waals surface area contributed by atoms with Crippen LogP contribution in [-0.4, -0.2) is 22.5 Å². The molecule has 1 aromatic heterocycles. The Kier molecular flexibility index (Phi) is 10.2. The summed E-state index contributed by atoms with van der Waals surface area (Å²) in [7, 11) is 0.